The van der Waals surface area contributed by atoms with E-state index in [1.165, 1.54) is 0 Å². The van der Waals surface area contributed by atoms with Gasteiger partial charge in [0.1, 0.15) is 0 Å². The number of nitrogens with zero attached hydrogens (tertiary/aromatic N) is 1. The number of aromatic nitrogens is 1. The van der Waals surface area contributed by atoms with Crippen LogP contribution in [0.25, 0.3) is 22.2 Å². The van der Waals surface area contributed by atoms with Gasteiger partial charge < -0.3 is 0 Å². The van der Waals surface area contributed by atoms with Gasteiger partial charge in [0.25, 0.3) is 0 Å². The summed E-state index contributed by atoms with van der Waals surface area (Å²) in [6.45, 7) is 1.98. The number of hydrogen-bond acceptors (Lipinski definition) is 2. The van der Waals surface area contributed by atoms with Gasteiger partial charge in [-0.15, -0.1) is 0 Å². The van der Waals surface area contributed by atoms with Crippen molar-refractivity contribution in [2.75, 3.05) is 0 Å². The smallest absolute Gasteiger partial charge is 0.152 e. The van der Waals surface area contributed by atoms with Gasteiger partial charge in [-0.1, -0.05) is 36.4 Å². The molecule has 92 valence electrons. The number of aldehydes is 1. The average molecular weight is 247 g/mol. The van der Waals surface area contributed by atoms with Gasteiger partial charge in [0, 0.05) is 16.5 Å². The van der Waals surface area contributed by atoms with Crippen molar-refractivity contribution in [3.63, 3.8) is 0 Å². The number of carbonyl (C=O) groups excluding carboxylic acids is 1. The molecule has 0 fully saturated rings. The van der Waals surface area contributed by atoms with Crippen molar-refractivity contribution in [2.24, 2.45) is 0 Å². The molecule has 0 N–H and O–H groups in total. The predicted octanol–water partition coefficient (Wildman–Crippen LogP) is 4.02. The SMILES string of the molecule is Cc1cc(C=O)c2nc(-c3ccccc3)ccc2c1. The summed E-state index contributed by atoms with van der Waals surface area (Å²) in [7, 11) is 0. The summed E-state index contributed by atoms with van der Waals surface area (Å²) >= 11 is 0. The zero-order chi connectivity index (χ0) is 13.2. The number of aryl methyl sites for hydroxylation is 1. The minimum atomic E-state index is 0.646. The molecule has 0 saturated carbocycles. The largest absolute Gasteiger partial charge is 0.298 e. The van der Waals surface area contributed by atoms with Crippen LogP contribution >= 0.6 is 0 Å². The van der Waals surface area contributed by atoms with Gasteiger partial charge in [-0.2, -0.15) is 0 Å². The number of carbonyl (C=O) groups is 1. The zero-order valence-electron chi connectivity index (χ0n) is 10.6. The first kappa shape index (κ1) is 11.6. The van der Waals surface area contributed by atoms with E-state index in [0.717, 1.165) is 34.0 Å². The molecular weight excluding hydrogens is 234 g/mol. The summed E-state index contributed by atoms with van der Waals surface area (Å²) in [5.41, 5.74) is 4.43. The summed E-state index contributed by atoms with van der Waals surface area (Å²) in [6.07, 6.45) is 0.872. The highest BCUT2D eigenvalue weighted by Crippen LogP contribution is 2.23. The Hall–Kier alpha value is -2.48. The zero-order valence-corrected chi connectivity index (χ0v) is 10.6. The van der Waals surface area contributed by atoms with Gasteiger partial charge in [-0.3, -0.25) is 4.79 Å². The molecule has 0 aliphatic carbocycles. The monoisotopic (exact) mass is 247 g/mol. The van der Waals surface area contributed by atoms with Crippen molar-refractivity contribution in [3.8, 4) is 11.3 Å². The Bertz CT molecular complexity index is 748. The molecule has 0 bridgehead atoms. The fourth-order valence-corrected chi connectivity index (χ4v) is 2.28. The Balaban J connectivity index is 2.26. The van der Waals surface area contributed by atoms with Crippen molar-refractivity contribution in [3.05, 3.63) is 65.7 Å². The van der Waals surface area contributed by atoms with Crippen LogP contribution in [0.15, 0.2) is 54.6 Å². The highest BCUT2D eigenvalue weighted by molar-refractivity contribution is 5.97. The van der Waals surface area contributed by atoms with Crippen LogP contribution in [0, 0.1) is 6.92 Å². The first-order valence-electron chi connectivity index (χ1n) is 6.20. The first-order chi connectivity index (χ1) is 9.28. The quantitative estimate of drug-likeness (QED) is 0.640. The Morgan fingerprint density at radius 1 is 1.00 bits per heavy atom. The van der Waals surface area contributed by atoms with Crippen LogP contribution in [0.4, 0.5) is 0 Å². The molecule has 2 heteroatoms. The van der Waals surface area contributed by atoms with E-state index < -0.39 is 0 Å². The van der Waals surface area contributed by atoms with Crippen molar-refractivity contribution in [1.29, 1.82) is 0 Å². The molecule has 2 nitrogen and oxygen atoms in total. The van der Waals surface area contributed by atoms with Gasteiger partial charge in [-0.05, 0) is 30.7 Å². The number of hydrogen-bond donors (Lipinski definition) is 0. The number of benzene rings is 2. The maximum Gasteiger partial charge on any atom is 0.152 e. The average Bonchev–Trinajstić information content (AvgIpc) is 2.46. The Labute approximate surface area is 111 Å². The number of fused-ring (bicyclic) bond motifs is 1. The molecular formula is C17H13NO. The van der Waals surface area contributed by atoms with Gasteiger partial charge in [0.05, 0.1) is 11.2 Å². The molecule has 3 rings (SSSR count). The lowest BCUT2D eigenvalue weighted by Gasteiger charge is -2.06. The van der Waals surface area contributed by atoms with E-state index >= 15 is 0 Å². The van der Waals surface area contributed by atoms with Gasteiger partial charge in [0.2, 0.25) is 0 Å². The van der Waals surface area contributed by atoms with E-state index in [1.807, 2.05) is 61.5 Å². The molecule has 0 spiro atoms. The van der Waals surface area contributed by atoms with Gasteiger partial charge in [-0.25, -0.2) is 4.98 Å². The van der Waals surface area contributed by atoms with Crippen LogP contribution in [-0.2, 0) is 0 Å². The van der Waals surface area contributed by atoms with Crippen LogP contribution in [0.5, 0.6) is 0 Å². The van der Waals surface area contributed by atoms with Crippen molar-refractivity contribution < 1.29 is 4.79 Å². The van der Waals surface area contributed by atoms with Crippen LogP contribution in [0.2, 0.25) is 0 Å². The van der Waals surface area contributed by atoms with Crippen LogP contribution in [-0.4, -0.2) is 11.3 Å². The second-order valence-corrected chi connectivity index (χ2v) is 4.61. The van der Waals surface area contributed by atoms with E-state index in [2.05, 4.69) is 4.98 Å². The summed E-state index contributed by atoms with van der Waals surface area (Å²) in [4.78, 5) is 15.8. The fourth-order valence-electron chi connectivity index (χ4n) is 2.28. The Morgan fingerprint density at radius 3 is 2.53 bits per heavy atom. The molecule has 3 aromatic rings. The summed E-state index contributed by atoms with van der Waals surface area (Å²) < 4.78 is 0. The maximum absolute atomic E-state index is 11.2. The van der Waals surface area contributed by atoms with Crippen molar-refractivity contribution in [1.82, 2.24) is 4.98 Å². The molecule has 0 amide bonds. The van der Waals surface area contributed by atoms with E-state index in [1.54, 1.807) is 0 Å². The fraction of sp³-hybridized carbons (Fsp3) is 0.0588. The third-order valence-electron chi connectivity index (χ3n) is 3.16. The topological polar surface area (TPSA) is 30.0 Å². The predicted molar refractivity (Wildman–Crippen MR) is 77.3 cm³/mol. The molecule has 1 heterocycles. The molecule has 19 heavy (non-hydrogen) atoms. The first-order valence-corrected chi connectivity index (χ1v) is 6.20. The van der Waals surface area contributed by atoms with Gasteiger partial charge in [0.15, 0.2) is 6.29 Å². The van der Waals surface area contributed by atoms with E-state index in [9.17, 15) is 4.79 Å². The Kier molecular flexibility index (Phi) is 2.84. The third kappa shape index (κ3) is 2.13. The standard InChI is InChI=1S/C17H13NO/c1-12-9-14-7-8-16(13-5-3-2-4-6-13)18-17(14)15(10-12)11-19/h2-11H,1H3. The molecule has 0 radical (unpaired) electrons. The molecule has 2 aromatic carbocycles. The minimum absolute atomic E-state index is 0.646. The minimum Gasteiger partial charge on any atom is -0.298 e. The second kappa shape index (κ2) is 4.65. The molecule has 0 aliphatic rings. The van der Waals surface area contributed by atoms with Crippen LogP contribution in [0.3, 0.4) is 0 Å². The lowest BCUT2D eigenvalue weighted by atomic mass is 10.0. The van der Waals surface area contributed by atoms with Gasteiger partial charge >= 0.3 is 0 Å². The Morgan fingerprint density at radius 2 is 1.79 bits per heavy atom. The van der Waals surface area contributed by atoms with E-state index in [4.69, 9.17) is 0 Å². The maximum atomic E-state index is 11.2. The number of rotatable bonds is 2. The van der Waals surface area contributed by atoms with E-state index in [-0.39, 0.29) is 0 Å². The van der Waals surface area contributed by atoms with Crippen LogP contribution < -0.4 is 0 Å². The highest BCUT2D eigenvalue weighted by atomic mass is 16.1. The molecule has 0 saturated heterocycles. The lowest BCUT2D eigenvalue weighted by Crippen LogP contribution is -1.91. The second-order valence-electron chi connectivity index (χ2n) is 4.61. The van der Waals surface area contributed by atoms with E-state index in [0.29, 0.717) is 5.56 Å². The normalized spacial score (nSPS) is 10.6. The van der Waals surface area contributed by atoms with Crippen molar-refractivity contribution in [2.45, 2.75) is 6.92 Å². The summed E-state index contributed by atoms with van der Waals surface area (Å²) in [6, 6.07) is 17.9. The van der Waals surface area contributed by atoms with Crippen molar-refractivity contribution >= 4 is 17.2 Å². The molecule has 0 unspecified atom stereocenters. The molecule has 0 atom stereocenters. The highest BCUT2D eigenvalue weighted by Gasteiger charge is 2.06. The summed E-state index contributed by atoms with van der Waals surface area (Å²) in [5.74, 6) is 0. The molecule has 1 aromatic heterocycles. The number of pyridine rings is 1. The summed E-state index contributed by atoms with van der Waals surface area (Å²) in [5, 5.41) is 1.00. The molecule has 0 aliphatic heterocycles. The lowest BCUT2D eigenvalue weighted by molar-refractivity contribution is 0.112. The van der Waals surface area contributed by atoms with Crippen LogP contribution in [0.1, 0.15) is 15.9 Å². The third-order valence-corrected chi connectivity index (χ3v) is 3.16.